The molecule has 8 nitrogen and oxygen atoms in total. The van der Waals surface area contributed by atoms with Crippen LogP contribution in [0.4, 0.5) is 0 Å². The number of aromatic nitrogens is 2. The van der Waals surface area contributed by atoms with Crippen LogP contribution >= 0.6 is 11.8 Å². The maximum Gasteiger partial charge on any atom is 0.255 e. The van der Waals surface area contributed by atoms with Gasteiger partial charge in [-0.2, -0.15) is 0 Å². The average molecular weight is 417 g/mol. The highest BCUT2D eigenvalue weighted by Crippen LogP contribution is 2.19. The van der Waals surface area contributed by atoms with Gasteiger partial charge in [0.2, 0.25) is 5.89 Å². The van der Waals surface area contributed by atoms with Crippen molar-refractivity contribution in [3.8, 4) is 11.6 Å². The standard InChI is InChI=1S/C17H17N3O4S.C3H7N/c1-21-13-5-3-12(4-6-13)11-23-15-9-14(24-20-15)17(25-2)19-10-16-18-7-8-22-16;1-2-3-4/h3-9H,10-11H2,1-2H3;2-3H,4H2,1H3/b;3-2-. The van der Waals surface area contributed by atoms with Crippen molar-refractivity contribution in [1.82, 2.24) is 10.1 Å². The molecular weight excluding hydrogens is 392 g/mol. The fourth-order valence-corrected chi connectivity index (χ4v) is 2.51. The van der Waals surface area contributed by atoms with Gasteiger partial charge in [0.15, 0.2) is 5.76 Å². The summed E-state index contributed by atoms with van der Waals surface area (Å²) < 4.78 is 21.3. The Morgan fingerprint density at radius 3 is 2.66 bits per heavy atom. The van der Waals surface area contributed by atoms with Gasteiger partial charge < -0.3 is 24.1 Å². The number of ether oxygens (including phenoxy) is 2. The van der Waals surface area contributed by atoms with E-state index in [0.717, 1.165) is 11.3 Å². The maximum atomic E-state index is 5.65. The van der Waals surface area contributed by atoms with E-state index in [2.05, 4.69) is 15.1 Å². The Hall–Kier alpha value is -3.20. The molecule has 0 spiro atoms. The number of nitrogens with zero attached hydrogens (tertiary/aromatic N) is 3. The largest absolute Gasteiger partial charge is 0.497 e. The van der Waals surface area contributed by atoms with Crippen LogP contribution in [0.3, 0.4) is 0 Å². The topological polar surface area (TPSA) is 109 Å². The smallest absolute Gasteiger partial charge is 0.255 e. The molecule has 0 fully saturated rings. The third-order valence-electron chi connectivity index (χ3n) is 3.47. The van der Waals surface area contributed by atoms with Gasteiger partial charge in [-0.3, -0.25) is 4.99 Å². The highest BCUT2D eigenvalue weighted by molar-refractivity contribution is 8.13. The molecule has 2 aromatic heterocycles. The number of hydrogen-bond acceptors (Lipinski definition) is 9. The van der Waals surface area contributed by atoms with Crippen LogP contribution in [0.15, 0.2) is 69.0 Å². The summed E-state index contributed by atoms with van der Waals surface area (Å²) in [7, 11) is 1.63. The lowest BCUT2D eigenvalue weighted by Gasteiger charge is -2.03. The molecule has 0 unspecified atom stereocenters. The van der Waals surface area contributed by atoms with E-state index >= 15 is 0 Å². The molecule has 0 amide bonds. The highest BCUT2D eigenvalue weighted by Gasteiger charge is 2.12. The van der Waals surface area contributed by atoms with Crippen LogP contribution in [0.5, 0.6) is 11.6 Å². The molecule has 29 heavy (non-hydrogen) atoms. The molecule has 1 aromatic carbocycles. The maximum absolute atomic E-state index is 5.65. The predicted octanol–water partition coefficient (Wildman–Crippen LogP) is 4.04. The minimum Gasteiger partial charge on any atom is -0.497 e. The molecular formula is C20H24N4O4S. The van der Waals surface area contributed by atoms with Gasteiger partial charge in [-0.1, -0.05) is 18.2 Å². The van der Waals surface area contributed by atoms with Crippen LogP contribution in [0, 0.1) is 0 Å². The summed E-state index contributed by atoms with van der Waals surface area (Å²) in [5.74, 6) is 2.30. The van der Waals surface area contributed by atoms with Gasteiger partial charge in [-0.15, -0.1) is 11.8 Å². The van der Waals surface area contributed by atoms with Crippen molar-refractivity contribution in [3.05, 3.63) is 72.3 Å². The number of methoxy groups -OCH3 is 1. The van der Waals surface area contributed by atoms with Crippen molar-refractivity contribution < 1.29 is 18.4 Å². The normalized spacial score (nSPS) is 11.2. The molecule has 0 bridgehead atoms. The van der Waals surface area contributed by atoms with Gasteiger partial charge in [0.05, 0.1) is 19.4 Å². The number of allylic oxidation sites excluding steroid dienone is 1. The summed E-state index contributed by atoms with van der Waals surface area (Å²) in [6.07, 6.45) is 8.29. The van der Waals surface area contributed by atoms with Gasteiger partial charge >= 0.3 is 0 Å². The zero-order valence-corrected chi connectivity index (χ0v) is 17.4. The third kappa shape index (κ3) is 7.38. The van der Waals surface area contributed by atoms with Crippen molar-refractivity contribution in [2.24, 2.45) is 10.7 Å². The second-order valence-corrected chi connectivity index (χ2v) is 6.24. The van der Waals surface area contributed by atoms with E-state index in [0.29, 0.717) is 35.7 Å². The van der Waals surface area contributed by atoms with Crippen molar-refractivity contribution >= 4 is 16.8 Å². The first-order valence-electron chi connectivity index (χ1n) is 8.72. The first kappa shape index (κ1) is 22.1. The van der Waals surface area contributed by atoms with E-state index in [-0.39, 0.29) is 0 Å². The molecule has 3 aromatic rings. The van der Waals surface area contributed by atoms with E-state index in [1.54, 1.807) is 25.4 Å². The van der Waals surface area contributed by atoms with Crippen LogP contribution in [-0.2, 0) is 13.2 Å². The molecule has 0 aliphatic heterocycles. The summed E-state index contributed by atoms with van der Waals surface area (Å²) in [4.78, 5) is 8.46. The second kappa shape index (κ2) is 12.3. The van der Waals surface area contributed by atoms with Crippen LogP contribution in [0.1, 0.15) is 24.1 Å². The van der Waals surface area contributed by atoms with E-state index in [1.807, 2.05) is 37.4 Å². The van der Waals surface area contributed by atoms with Crippen LogP contribution in [0.25, 0.3) is 0 Å². The lowest BCUT2D eigenvalue weighted by Crippen LogP contribution is -1.96. The summed E-state index contributed by atoms with van der Waals surface area (Å²) >= 11 is 1.45. The van der Waals surface area contributed by atoms with E-state index < -0.39 is 0 Å². The average Bonchev–Trinajstić information content (AvgIpc) is 3.46. The molecule has 0 saturated carbocycles. The Kier molecular flexibility index (Phi) is 9.37. The van der Waals surface area contributed by atoms with E-state index in [4.69, 9.17) is 24.1 Å². The van der Waals surface area contributed by atoms with Crippen molar-refractivity contribution in [1.29, 1.82) is 0 Å². The Labute approximate surface area is 173 Å². The fraction of sp³-hybridized carbons (Fsp3) is 0.250. The van der Waals surface area contributed by atoms with E-state index in [1.165, 1.54) is 24.2 Å². The van der Waals surface area contributed by atoms with Crippen molar-refractivity contribution in [3.63, 3.8) is 0 Å². The first-order chi connectivity index (χ1) is 14.2. The zero-order chi connectivity index (χ0) is 20.9. The van der Waals surface area contributed by atoms with Gasteiger partial charge in [-0.05, 0) is 42.2 Å². The molecule has 0 aliphatic rings. The minimum absolute atomic E-state index is 0.339. The number of thioether (sulfide) groups is 1. The van der Waals surface area contributed by atoms with Crippen LogP contribution in [0.2, 0.25) is 0 Å². The van der Waals surface area contributed by atoms with Gasteiger partial charge in [-0.25, -0.2) is 4.98 Å². The molecule has 2 N–H and O–H groups in total. The SMILES string of the molecule is C/C=C\N.COc1ccc(COc2cc(C(=NCc3ncco3)SC)on2)cc1. The number of hydrogen-bond donors (Lipinski definition) is 1. The number of oxazole rings is 1. The third-order valence-corrected chi connectivity index (χ3v) is 4.19. The summed E-state index contributed by atoms with van der Waals surface area (Å²) in [5, 5.41) is 4.62. The zero-order valence-electron chi connectivity index (χ0n) is 16.6. The number of aliphatic imine (C=N–C) groups is 1. The summed E-state index contributed by atoms with van der Waals surface area (Å²) in [6.45, 7) is 2.60. The molecule has 154 valence electrons. The number of rotatable bonds is 7. The number of benzene rings is 1. The highest BCUT2D eigenvalue weighted by atomic mass is 32.2. The Morgan fingerprint density at radius 2 is 2.07 bits per heavy atom. The summed E-state index contributed by atoms with van der Waals surface area (Å²) in [5.41, 5.74) is 5.85. The van der Waals surface area contributed by atoms with Crippen molar-refractivity contribution in [2.75, 3.05) is 13.4 Å². The molecule has 3 rings (SSSR count). The molecule has 9 heteroatoms. The molecule has 0 radical (unpaired) electrons. The van der Waals surface area contributed by atoms with Crippen molar-refractivity contribution in [2.45, 2.75) is 20.1 Å². The van der Waals surface area contributed by atoms with Gasteiger partial charge in [0.25, 0.3) is 5.88 Å². The van der Waals surface area contributed by atoms with Gasteiger partial charge in [0, 0.05) is 0 Å². The minimum atomic E-state index is 0.339. The fourth-order valence-electron chi connectivity index (χ4n) is 2.02. The molecule has 2 heterocycles. The molecule has 0 saturated heterocycles. The first-order valence-corrected chi connectivity index (χ1v) is 9.95. The molecule has 0 atom stereocenters. The predicted molar refractivity (Wildman–Crippen MR) is 113 cm³/mol. The Morgan fingerprint density at radius 1 is 1.31 bits per heavy atom. The quantitative estimate of drug-likeness (QED) is 0.454. The molecule has 0 aliphatic carbocycles. The number of nitrogens with two attached hydrogens (primary N) is 1. The Balaban J connectivity index is 0.000000687. The second-order valence-electron chi connectivity index (χ2n) is 5.44. The lowest BCUT2D eigenvalue weighted by molar-refractivity contribution is 0.269. The van der Waals surface area contributed by atoms with Gasteiger partial charge in [0.1, 0.15) is 30.2 Å². The monoisotopic (exact) mass is 416 g/mol. The summed E-state index contributed by atoms with van der Waals surface area (Å²) in [6, 6.07) is 9.35. The van der Waals surface area contributed by atoms with E-state index in [9.17, 15) is 0 Å². The lowest BCUT2D eigenvalue weighted by atomic mass is 10.2. The Bertz CT molecular complexity index is 886. The van der Waals surface area contributed by atoms with Crippen LogP contribution < -0.4 is 15.2 Å². The van der Waals surface area contributed by atoms with Crippen LogP contribution in [-0.4, -0.2) is 28.5 Å².